The van der Waals surface area contributed by atoms with Gasteiger partial charge in [-0.15, -0.1) is 0 Å². The zero-order valence-electron chi connectivity index (χ0n) is 34.6. The first kappa shape index (κ1) is 36.7. The van der Waals surface area contributed by atoms with Gasteiger partial charge in [0.1, 0.15) is 11.7 Å². The lowest BCUT2D eigenvalue weighted by Gasteiger charge is -2.49. The highest BCUT2D eigenvalue weighted by atomic mass is 32.2. The van der Waals surface area contributed by atoms with Gasteiger partial charge in [-0.3, -0.25) is 0 Å². The number of aliphatic imine (C=N–C) groups is 2. The van der Waals surface area contributed by atoms with Crippen molar-refractivity contribution in [2.75, 3.05) is 4.90 Å². The second kappa shape index (κ2) is 14.6. The highest BCUT2D eigenvalue weighted by molar-refractivity contribution is 7.99. The van der Waals surface area contributed by atoms with Crippen molar-refractivity contribution in [3.63, 3.8) is 0 Å². The van der Waals surface area contributed by atoms with Gasteiger partial charge in [0.15, 0.2) is 6.17 Å². The number of amidine groups is 2. The molecule has 64 heavy (non-hydrogen) atoms. The number of fused-ring (bicyclic) bond motifs is 11. The second-order valence-corrected chi connectivity index (χ2v) is 17.6. The minimum Gasteiger partial charge on any atom is -0.324 e. The van der Waals surface area contributed by atoms with Crippen LogP contribution in [-0.2, 0) is 5.41 Å². The molecule has 302 valence electrons. The molecule has 13 rings (SSSR count). The average Bonchev–Trinajstić information content (AvgIpc) is 3.69. The van der Waals surface area contributed by atoms with E-state index in [0.29, 0.717) is 0 Å². The molecule has 10 aromatic rings. The van der Waals surface area contributed by atoms with Gasteiger partial charge in [0, 0.05) is 43.1 Å². The van der Waals surface area contributed by atoms with Gasteiger partial charge in [-0.2, -0.15) is 0 Å². The number of hydrogen-bond acceptors (Lipinski definition) is 5. The van der Waals surface area contributed by atoms with Crippen molar-refractivity contribution in [2.45, 2.75) is 21.4 Å². The van der Waals surface area contributed by atoms with Crippen molar-refractivity contribution in [2.24, 2.45) is 9.98 Å². The zero-order valence-corrected chi connectivity index (χ0v) is 35.5. The summed E-state index contributed by atoms with van der Waals surface area (Å²) in [6, 6.07) is 81.2. The number of nitrogens with zero attached hydrogens (tertiary/aromatic N) is 4. The molecule has 6 heteroatoms. The molecule has 0 amide bonds. The Balaban J connectivity index is 1.00. The van der Waals surface area contributed by atoms with Crippen LogP contribution in [0.5, 0.6) is 0 Å². The fraction of sp³-hybridized carbons (Fsp3) is 0.0345. The van der Waals surface area contributed by atoms with Crippen LogP contribution >= 0.6 is 11.8 Å². The summed E-state index contributed by atoms with van der Waals surface area (Å²) in [6.07, 6.45) is -0.405. The summed E-state index contributed by atoms with van der Waals surface area (Å²) in [5.74, 6) is 1.62. The molecule has 5 nitrogen and oxygen atoms in total. The van der Waals surface area contributed by atoms with Crippen LogP contribution in [0.3, 0.4) is 0 Å². The Hall–Kier alpha value is -7.93. The van der Waals surface area contributed by atoms with E-state index in [0.717, 1.165) is 39.7 Å². The molecule has 3 aliphatic rings. The van der Waals surface area contributed by atoms with Crippen molar-refractivity contribution in [1.29, 1.82) is 0 Å². The first-order chi connectivity index (χ1) is 31.7. The molecule has 0 saturated carbocycles. The van der Waals surface area contributed by atoms with E-state index < -0.39 is 11.6 Å². The third-order valence-electron chi connectivity index (χ3n) is 13.1. The van der Waals surface area contributed by atoms with Gasteiger partial charge >= 0.3 is 0 Å². The van der Waals surface area contributed by atoms with Gasteiger partial charge in [0.05, 0.1) is 27.8 Å². The molecule has 1 aromatic heterocycles. The van der Waals surface area contributed by atoms with Gasteiger partial charge in [-0.1, -0.05) is 176 Å². The number of benzene rings is 9. The largest absolute Gasteiger partial charge is 0.324 e. The van der Waals surface area contributed by atoms with Gasteiger partial charge < -0.3 is 14.8 Å². The Labute approximate surface area is 375 Å². The Morgan fingerprint density at radius 3 is 1.62 bits per heavy atom. The molecule has 0 saturated heterocycles. The van der Waals surface area contributed by atoms with Crippen molar-refractivity contribution in [3.05, 3.63) is 263 Å². The SMILES string of the molecule is c1ccc(C2=NC(c3ccc(-n4c5ccccc5c5cc6c(cc54)Sc4ccccc4C64c5ccccc5N(c5ccccc5)c5ccccc54)cc3)N=C(c3ccccc3)N2)cc1. The van der Waals surface area contributed by atoms with Gasteiger partial charge in [0.25, 0.3) is 0 Å². The van der Waals surface area contributed by atoms with Gasteiger partial charge in [0.2, 0.25) is 0 Å². The minimum atomic E-state index is -0.568. The summed E-state index contributed by atoms with van der Waals surface area (Å²) in [4.78, 5) is 15.3. The van der Waals surface area contributed by atoms with Crippen LogP contribution in [0.2, 0.25) is 0 Å². The van der Waals surface area contributed by atoms with Gasteiger partial charge in [-0.05, 0) is 88.5 Å². The van der Waals surface area contributed by atoms with E-state index >= 15 is 0 Å². The van der Waals surface area contributed by atoms with Crippen molar-refractivity contribution in [3.8, 4) is 5.69 Å². The Morgan fingerprint density at radius 2 is 0.969 bits per heavy atom. The smallest absolute Gasteiger partial charge is 0.169 e. The average molecular weight is 838 g/mol. The van der Waals surface area contributed by atoms with Gasteiger partial charge in [-0.25, -0.2) is 9.98 Å². The van der Waals surface area contributed by atoms with E-state index in [2.05, 4.69) is 203 Å². The number of nitrogens with one attached hydrogen (secondary N) is 1. The van der Waals surface area contributed by atoms with Crippen molar-refractivity contribution in [1.82, 2.24) is 9.88 Å². The summed E-state index contributed by atoms with van der Waals surface area (Å²) in [7, 11) is 0. The highest BCUT2D eigenvalue weighted by Crippen LogP contribution is 2.63. The lowest BCUT2D eigenvalue weighted by molar-refractivity contribution is 0.693. The van der Waals surface area contributed by atoms with Crippen LogP contribution in [0.25, 0.3) is 27.5 Å². The van der Waals surface area contributed by atoms with Crippen LogP contribution in [-0.4, -0.2) is 16.2 Å². The Morgan fingerprint density at radius 1 is 0.422 bits per heavy atom. The Kier molecular flexibility index (Phi) is 8.36. The molecular weight excluding hydrogens is 799 g/mol. The van der Waals surface area contributed by atoms with Crippen LogP contribution in [0, 0.1) is 0 Å². The summed E-state index contributed by atoms with van der Waals surface area (Å²) in [6.45, 7) is 0. The fourth-order valence-corrected chi connectivity index (χ4v) is 11.5. The third-order valence-corrected chi connectivity index (χ3v) is 14.2. The molecule has 0 aliphatic carbocycles. The molecular formula is C58H39N5S. The van der Waals surface area contributed by atoms with Crippen LogP contribution in [0.15, 0.2) is 244 Å². The molecule has 1 N–H and O–H groups in total. The molecule has 9 aromatic carbocycles. The first-order valence-corrected chi connectivity index (χ1v) is 22.6. The number of anilines is 3. The van der Waals surface area contributed by atoms with E-state index in [4.69, 9.17) is 9.98 Å². The number of rotatable bonds is 5. The molecule has 3 aliphatic heterocycles. The molecule has 4 heterocycles. The maximum atomic E-state index is 5.16. The summed E-state index contributed by atoms with van der Waals surface area (Å²) >= 11 is 1.88. The molecule has 1 spiro atoms. The number of hydrogen-bond donors (Lipinski definition) is 1. The maximum Gasteiger partial charge on any atom is 0.169 e. The third kappa shape index (κ3) is 5.52. The lowest BCUT2D eigenvalue weighted by atomic mass is 9.62. The number of aromatic nitrogens is 1. The lowest BCUT2D eigenvalue weighted by Crippen LogP contribution is -2.39. The van der Waals surface area contributed by atoms with Crippen molar-refractivity contribution < 1.29 is 0 Å². The first-order valence-electron chi connectivity index (χ1n) is 21.8. The minimum absolute atomic E-state index is 0.405. The topological polar surface area (TPSA) is 44.9 Å². The van der Waals surface area contributed by atoms with Crippen LogP contribution < -0.4 is 10.2 Å². The van der Waals surface area contributed by atoms with E-state index in [1.807, 2.05) is 48.2 Å². The molecule has 0 atom stereocenters. The zero-order chi connectivity index (χ0) is 42.2. The monoisotopic (exact) mass is 837 g/mol. The van der Waals surface area contributed by atoms with Crippen LogP contribution in [0.4, 0.5) is 17.1 Å². The number of para-hydroxylation sites is 4. The summed E-state index contributed by atoms with van der Waals surface area (Å²) < 4.78 is 2.43. The predicted octanol–water partition coefficient (Wildman–Crippen LogP) is 13.9. The van der Waals surface area contributed by atoms with E-state index in [1.165, 1.54) is 65.2 Å². The molecule has 0 unspecified atom stereocenters. The van der Waals surface area contributed by atoms with Crippen LogP contribution in [0.1, 0.15) is 45.1 Å². The van der Waals surface area contributed by atoms with E-state index in [1.54, 1.807) is 0 Å². The fourth-order valence-electron chi connectivity index (χ4n) is 10.3. The maximum absolute atomic E-state index is 5.16. The molecule has 0 fully saturated rings. The van der Waals surface area contributed by atoms with E-state index in [9.17, 15) is 0 Å². The highest BCUT2D eigenvalue weighted by Gasteiger charge is 2.50. The quantitative estimate of drug-likeness (QED) is 0.188. The van der Waals surface area contributed by atoms with E-state index in [-0.39, 0.29) is 0 Å². The standard InChI is InChI=1S/C58H39N5S/c1-4-18-38(19-5-1)55-59-56(39-20-6-2-7-21-39)61-57(60-55)40-32-34-42(35-33-40)62-49-28-14-10-24-43(49)44-36-48-54(37-52(44)62)64-53-31-17-13-27-47(53)58(48)45-25-11-15-29-50(45)63(41-22-8-3-9-23-41)51-30-16-12-26-46(51)58/h1-37,57H,(H,59,60,61). The predicted molar refractivity (Wildman–Crippen MR) is 263 cm³/mol. The summed E-state index contributed by atoms with van der Waals surface area (Å²) in [5, 5.41) is 5.97. The summed E-state index contributed by atoms with van der Waals surface area (Å²) in [5.41, 5.74) is 14.6. The Bertz CT molecular complexity index is 3400. The molecule has 0 bridgehead atoms. The van der Waals surface area contributed by atoms with Crippen molar-refractivity contribution >= 4 is 62.3 Å². The molecule has 0 radical (unpaired) electrons. The second-order valence-electron chi connectivity index (χ2n) is 16.5. The normalized spacial score (nSPS) is 14.8.